The molecule has 0 saturated carbocycles. The normalized spacial score (nSPS) is 15.1. The van der Waals surface area contributed by atoms with E-state index in [0.29, 0.717) is 12.3 Å². The van der Waals surface area contributed by atoms with Crippen LogP contribution in [0.25, 0.3) is 0 Å². The van der Waals surface area contributed by atoms with Gasteiger partial charge in [-0.3, -0.25) is 4.79 Å². The summed E-state index contributed by atoms with van der Waals surface area (Å²) in [5, 5.41) is 20.7. The van der Waals surface area contributed by atoms with E-state index in [2.05, 4.69) is 43.2 Å². The Morgan fingerprint density at radius 2 is 2.05 bits per heavy atom. The van der Waals surface area contributed by atoms with Gasteiger partial charge in [0, 0.05) is 6.42 Å². The second-order valence-electron chi connectivity index (χ2n) is 6.77. The van der Waals surface area contributed by atoms with Crippen LogP contribution in [0, 0.1) is 11.3 Å². The fourth-order valence-electron chi connectivity index (χ4n) is 2.66. The number of hydrogen-bond acceptors (Lipinski definition) is 4. The second-order valence-corrected chi connectivity index (χ2v) is 6.77. The molecule has 1 aromatic rings. The van der Waals surface area contributed by atoms with Crippen LogP contribution in [0.2, 0.25) is 0 Å². The van der Waals surface area contributed by atoms with Crippen LogP contribution in [-0.2, 0) is 11.2 Å². The van der Waals surface area contributed by atoms with Crippen molar-refractivity contribution in [2.24, 2.45) is 11.3 Å². The van der Waals surface area contributed by atoms with Gasteiger partial charge in [0.25, 0.3) is 0 Å². The molecule has 0 aliphatic carbocycles. The van der Waals surface area contributed by atoms with E-state index in [9.17, 15) is 4.79 Å². The maximum atomic E-state index is 10.9. The largest absolute Gasteiger partial charge is 0.481 e. The van der Waals surface area contributed by atoms with E-state index in [1.165, 1.54) is 0 Å². The molecule has 0 saturated heterocycles. The minimum Gasteiger partial charge on any atom is -0.481 e. The standard InChI is InChI=1S/C14H26N4O2/c1-6-11(8-13(19)20)18-12(15-16-17-18)7-10(2)9-14(3,4)5/h10-11H,6-9H2,1-5H3,(H,19,20). The summed E-state index contributed by atoms with van der Waals surface area (Å²) in [7, 11) is 0. The molecule has 2 atom stereocenters. The molecule has 2 unspecified atom stereocenters. The highest BCUT2D eigenvalue weighted by molar-refractivity contribution is 5.67. The average Bonchev–Trinajstić information content (AvgIpc) is 2.70. The van der Waals surface area contributed by atoms with Gasteiger partial charge in [-0.15, -0.1) is 5.10 Å². The molecule has 1 N–H and O–H groups in total. The molecule has 0 amide bonds. The molecule has 0 aliphatic rings. The van der Waals surface area contributed by atoms with Crippen LogP contribution >= 0.6 is 0 Å². The smallest absolute Gasteiger partial charge is 0.305 e. The van der Waals surface area contributed by atoms with Crippen molar-refractivity contribution < 1.29 is 9.90 Å². The molecule has 6 heteroatoms. The van der Waals surface area contributed by atoms with E-state index < -0.39 is 5.97 Å². The Labute approximate surface area is 120 Å². The first-order valence-electron chi connectivity index (χ1n) is 7.21. The van der Waals surface area contributed by atoms with Crippen molar-refractivity contribution in [2.75, 3.05) is 0 Å². The number of carboxylic acids is 1. The minimum atomic E-state index is -0.818. The molecule has 0 bridgehead atoms. The third kappa shape index (κ3) is 5.27. The van der Waals surface area contributed by atoms with Gasteiger partial charge in [-0.05, 0) is 34.6 Å². The van der Waals surface area contributed by atoms with Gasteiger partial charge in [0.05, 0.1) is 12.5 Å². The first-order valence-corrected chi connectivity index (χ1v) is 7.21. The zero-order valence-electron chi connectivity index (χ0n) is 13.1. The number of nitrogens with zero attached hydrogens (tertiary/aromatic N) is 4. The topological polar surface area (TPSA) is 80.9 Å². The highest BCUT2D eigenvalue weighted by Gasteiger charge is 2.22. The summed E-state index contributed by atoms with van der Waals surface area (Å²) >= 11 is 0. The summed E-state index contributed by atoms with van der Waals surface area (Å²) < 4.78 is 1.69. The van der Waals surface area contributed by atoms with Crippen molar-refractivity contribution in [2.45, 2.75) is 66.3 Å². The number of tetrazole rings is 1. The highest BCUT2D eigenvalue weighted by Crippen LogP contribution is 2.26. The lowest BCUT2D eigenvalue weighted by Gasteiger charge is -2.23. The summed E-state index contributed by atoms with van der Waals surface area (Å²) in [4.78, 5) is 10.9. The monoisotopic (exact) mass is 282 g/mol. The van der Waals surface area contributed by atoms with Gasteiger partial charge in [-0.2, -0.15) is 0 Å². The summed E-state index contributed by atoms with van der Waals surface area (Å²) in [6.45, 7) is 10.8. The number of aliphatic carboxylic acids is 1. The number of carboxylic acid groups (broad SMARTS) is 1. The van der Waals surface area contributed by atoms with Crippen LogP contribution < -0.4 is 0 Å². The fourth-order valence-corrected chi connectivity index (χ4v) is 2.66. The quantitative estimate of drug-likeness (QED) is 0.831. The molecule has 0 spiro atoms. The van der Waals surface area contributed by atoms with E-state index in [0.717, 1.165) is 18.7 Å². The Balaban J connectivity index is 2.77. The van der Waals surface area contributed by atoms with E-state index in [4.69, 9.17) is 5.11 Å². The molecule has 0 radical (unpaired) electrons. The van der Waals surface area contributed by atoms with E-state index in [1.807, 2.05) is 6.92 Å². The number of hydrogen-bond donors (Lipinski definition) is 1. The first kappa shape index (κ1) is 16.6. The van der Waals surface area contributed by atoms with Crippen molar-refractivity contribution in [1.29, 1.82) is 0 Å². The van der Waals surface area contributed by atoms with Crippen molar-refractivity contribution >= 4 is 5.97 Å². The van der Waals surface area contributed by atoms with Crippen LogP contribution in [0.4, 0.5) is 0 Å². The third-order valence-corrected chi connectivity index (χ3v) is 3.28. The van der Waals surface area contributed by atoms with Crippen molar-refractivity contribution in [1.82, 2.24) is 20.2 Å². The summed E-state index contributed by atoms with van der Waals surface area (Å²) in [5.41, 5.74) is 0.267. The van der Waals surface area contributed by atoms with Crippen molar-refractivity contribution in [3.63, 3.8) is 0 Å². The van der Waals surface area contributed by atoms with Gasteiger partial charge >= 0.3 is 5.97 Å². The predicted molar refractivity (Wildman–Crippen MR) is 76.3 cm³/mol. The van der Waals surface area contributed by atoms with Crippen molar-refractivity contribution in [3.05, 3.63) is 5.82 Å². The van der Waals surface area contributed by atoms with Crippen LogP contribution in [-0.4, -0.2) is 31.3 Å². The van der Waals surface area contributed by atoms with Gasteiger partial charge in [-0.1, -0.05) is 34.6 Å². The summed E-state index contributed by atoms with van der Waals surface area (Å²) in [6, 6.07) is -0.167. The fraction of sp³-hybridized carbons (Fsp3) is 0.857. The molecule has 114 valence electrons. The molecule has 6 nitrogen and oxygen atoms in total. The Hall–Kier alpha value is -1.46. The van der Waals surface area contributed by atoms with Crippen molar-refractivity contribution in [3.8, 4) is 0 Å². The Morgan fingerprint density at radius 3 is 2.55 bits per heavy atom. The van der Waals surface area contributed by atoms with Gasteiger partial charge < -0.3 is 5.11 Å². The van der Waals surface area contributed by atoms with Gasteiger partial charge in [0.15, 0.2) is 5.82 Å². The average molecular weight is 282 g/mol. The first-order chi connectivity index (χ1) is 9.23. The number of carbonyl (C=O) groups is 1. The lowest BCUT2D eigenvalue weighted by Crippen LogP contribution is -2.20. The van der Waals surface area contributed by atoms with Crippen LogP contribution in [0.1, 0.15) is 65.7 Å². The molecular weight excluding hydrogens is 256 g/mol. The van der Waals surface area contributed by atoms with Gasteiger partial charge in [-0.25, -0.2) is 4.68 Å². The second kappa shape index (κ2) is 6.81. The van der Waals surface area contributed by atoms with E-state index >= 15 is 0 Å². The van der Waals surface area contributed by atoms with E-state index in [-0.39, 0.29) is 17.9 Å². The lowest BCUT2D eigenvalue weighted by atomic mass is 9.84. The van der Waals surface area contributed by atoms with Crippen LogP contribution in [0.3, 0.4) is 0 Å². The molecule has 0 aromatic carbocycles. The molecular formula is C14H26N4O2. The maximum absolute atomic E-state index is 10.9. The molecule has 20 heavy (non-hydrogen) atoms. The minimum absolute atomic E-state index is 0.0577. The maximum Gasteiger partial charge on any atom is 0.305 e. The lowest BCUT2D eigenvalue weighted by molar-refractivity contribution is -0.138. The van der Waals surface area contributed by atoms with Gasteiger partial charge in [0.1, 0.15) is 0 Å². The highest BCUT2D eigenvalue weighted by atomic mass is 16.4. The summed E-state index contributed by atoms with van der Waals surface area (Å²) in [6.07, 6.45) is 2.62. The Kier molecular flexibility index (Phi) is 5.65. The Bertz CT molecular complexity index is 437. The zero-order valence-corrected chi connectivity index (χ0v) is 13.1. The van der Waals surface area contributed by atoms with E-state index in [1.54, 1.807) is 4.68 Å². The number of rotatable bonds is 7. The SMILES string of the molecule is CCC(CC(=O)O)n1nnnc1CC(C)CC(C)(C)C. The summed E-state index contributed by atoms with van der Waals surface area (Å²) in [5.74, 6) is 0.429. The number of aromatic nitrogens is 4. The Morgan fingerprint density at radius 1 is 1.40 bits per heavy atom. The van der Waals surface area contributed by atoms with Crippen LogP contribution in [0.15, 0.2) is 0 Å². The predicted octanol–water partition coefficient (Wildman–Crippen LogP) is 2.71. The van der Waals surface area contributed by atoms with Crippen LogP contribution in [0.5, 0.6) is 0 Å². The van der Waals surface area contributed by atoms with Gasteiger partial charge in [0.2, 0.25) is 0 Å². The zero-order chi connectivity index (χ0) is 15.3. The third-order valence-electron chi connectivity index (χ3n) is 3.28. The molecule has 1 heterocycles. The molecule has 0 fully saturated rings. The molecule has 1 rings (SSSR count). The molecule has 0 aliphatic heterocycles. The molecule has 1 aromatic heterocycles.